The van der Waals surface area contributed by atoms with E-state index in [1.54, 1.807) is 6.92 Å². The Balaban J connectivity index is 1.72. The normalized spacial score (nSPS) is 16.7. The van der Waals surface area contributed by atoms with Crippen molar-refractivity contribution in [2.24, 2.45) is 0 Å². The number of ether oxygens (including phenoxy) is 1. The third-order valence-corrected chi connectivity index (χ3v) is 4.99. The maximum Gasteiger partial charge on any atom is 0.258 e. The van der Waals surface area contributed by atoms with Crippen molar-refractivity contribution < 1.29 is 14.1 Å². The van der Waals surface area contributed by atoms with Crippen molar-refractivity contribution in [2.45, 2.75) is 64.8 Å². The van der Waals surface area contributed by atoms with Gasteiger partial charge in [0, 0.05) is 6.92 Å². The molecule has 6 nitrogen and oxygen atoms in total. The molecule has 1 aromatic carbocycles. The van der Waals surface area contributed by atoms with Crippen LogP contribution in [0.25, 0.3) is 0 Å². The SMILES string of the molecule is Cc1ccc(C)c(OCC(=O)NC2(c3noc(C)n3)CCCCCC2)c1. The first-order valence-electron chi connectivity index (χ1n) is 9.30. The van der Waals surface area contributed by atoms with E-state index in [1.165, 1.54) is 0 Å². The molecule has 1 aliphatic rings. The summed E-state index contributed by atoms with van der Waals surface area (Å²) in [6.45, 7) is 5.72. The van der Waals surface area contributed by atoms with Crippen molar-refractivity contribution in [1.29, 1.82) is 0 Å². The van der Waals surface area contributed by atoms with Crippen LogP contribution in [0.15, 0.2) is 22.7 Å². The average Bonchev–Trinajstić information content (AvgIpc) is 2.92. The van der Waals surface area contributed by atoms with E-state index < -0.39 is 5.54 Å². The largest absolute Gasteiger partial charge is 0.483 e. The zero-order valence-corrected chi connectivity index (χ0v) is 15.8. The lowest BCUT2D eigenvalue weighted by Crippen LogP contribution is -2.48. The molecule has 1 amide bonds. The van der Waals surface area contributed by atoms with E-state index in [9.17, 15) is 4.79 Å². The summed E-state index contributed by atoms with van der Waals surface area (Å²) in [5, 5.41) is 7.27. The molecule has 140 valence electrons. The molecule has 0 spiro atoms. The summed E-state index contributed by atoms with van der Waals surface area (Å²) < 4.78 is 10.9. The molecule has 1 heterocycles. The second-order valence-corrected chi connectivity index (χ2v) is 7.24. The standard InChI is InChI=1S/C20H27N3O3/c1-14-8-9-15(2)17(12-14)25-13-18(24)22-20(10-6-4-5-7-11-20)19-21-16(3)26-23-19/h8-9,12H,4-7,10-11,13H2,1-3H3,(H,22,24). The predicted molar refractivity (Wildman–Crippen MR) is 98.0 cm³/mol. The molecule has 2 aromatic rings. The fourth-order valence-electron chi connectivity index (χ4n) is 3.54. The Hall–Kier alpha value is -2.37. The number of hydrogen-bond donors (Lipinski definition) is 1. The molecule has 1 N–H and O–H groups in total. The fraction of sp³-hybridized carbons (Fsp3) is 0.550. The van der Waals surface area contributed by atoms with E-state index in [0.717, 1.165) is 55.4 Å². The molecule has 1 fully saturated rings. The van der Waals surface area contributed by atoms with Crippen LogP contribution in [0.5, 0.6) is 5.75 Å². The maximum atomic E-state index is 12.7. The quantitative estimate of drug-likeness (QED) is 0.825. The predicted octanol–water partition coefficient (Wildman–Crippen LogP) is 3.74. The lowest BCUT2D eigenvalue weighted by atomic mass is 9.89. The lowest BCUT2D eigenvalue weighted by Gasteiger charge is -2.30. The Bertz CT molecular complexity index is 761. The maximum absolute atomic E-state index is 12.7. The van der Waals surface area contributed by atoms with Crippen LogP contribution < -0.4 is 10.1 Å². The Morgan fingerprint density at radius 2 is 1.92 bits per heavy atom. The zero-order valence-electron chi connectivity index (χ0n) is 15.8. The zero-order chi connectivity index (χ0) is 18.6. The fourth-order valence-corrected chi connectivity index (χ4v) is 3.54. The molecule has 1 aliphatic carbocycles. The highest BCUT2D eigenvalue weighted by molar-refractivity contribution is 5.78. The number of nitrogens with zero attached hydrogens (tertiary/aromatic N) is 2. The first-order valence-corrected chi connectivity index (χ1v) is 9.30. The molecule has 6 heteroatoms. The number of nitrogens with one attached hydrogen (secondary N) is 1. The third kappa shape index (κ3) is 4.23. The number of carbonyl (C=O) groups excluding carboxylic acids is 1. The second-order valence-electron chi connectivity index (χ2n) is 7.24. The summed E-state index contributed by atoms with van der Waals surface area (Å²) in [6.07, 6.45) is 6.03. The number of amides is 1. The highest BCUT2D eigenvalue weighted by Gasteiger charge is 2.38. The van der Waals surface area contributed by atoms with Crippen LogP contribution in [0, 0.1) is 20.8 Å². The Morgan fingerprint density at radius 1 is 1.19 bits per heavy atom. The van der Waals surface area contributed by atoms with Gasteiger partial charge in [-0.25, -0.2) is 0 Å². The van der Waals surface area contributed by atoms with Gasteiger partial charge in [-0.2, -0.15) is 4.98 Å². The minimum atomic E-state index is -0.559. The molecule has 1 saturated carbocycles. The van der Waals surface area contributed by atoms with Crippen LogP contribution in [-0.2, 0) is 10.3 Å². The molecule has 3 rings (SSSR count). The van der Waals surface area contributed by atoms with Crippen molar-refractivity contribution in [3.8, 4) is 5.75 Å². The van der Waals surface area contributed by atoms with Crippen LogP contribution in [0.4, 0.5) is 0 Å². The third-order valence-electron chi connectivity index (χ3n) is 4.99. The van der Waals surface area contributed by atoms with Crippen molar-refractivity contribution in [2.75, 3.05) is 6.61 Å². The van der Waals surface area contributed by atoms with Crippen LogP contribution >= 0.6 is 0 Å². The summed E-state index contributed by atoms with van der Waals surface area (Å²) in [7, 11) is 0. The minimum absolute atomic E-state index is 0.0249. The number of carbonyl (C=O) groups is 1. The van der Waals surface area contributed by atoms with Gasteiger partial charge in [-0.15, -0.1) is 0 Å². The van der Waals surface area contributed by atoms with E-state index in [2.05, 4.69) is 15.5 Å². The van der Waals surface area contributed by atoms with Crippen LogP contribution in [0.2, 0.25) is 0 Å². The molecule has 0 atom stereocenters. The van der Waals surface area contributed by atoms with E-state index >= 15 is 0 Å². The van der Waals surface area contributed by atoms with E-state index in [1.807, 2.05) is 32.0 Å². The monoisotopic (exact) mass is 357 g/mol. The number of aryl methyl sites for hydroxylation is 3. The van der Waals surface area contributed by atoms with Gasteiger partial charge in [0.1, 0.15) is 11.3 Å². The highest BCUT2D eigenvalue weighted by Crippen LogP contribution is 2.34. The summed E-state index contributed by atoms with van der Waals surface area (Å²) in [4.78, 5) is 17.1. The Labute approximate surface area is 154 Å². The molecule has 0 bridgehead atoms. The summed E-state index contributed by atoms with van der Waals surface area (Å²) >= 11 is 0. The van der Waals surface area contributed by atoms with Gasteiger partial charge in [0.2, 0.25) is 5.89 Å². The molecular weight excluding hydrogens is 330 g/mol. The van der Waals surface area contributed by atoms with Gasteiger partial charge < -0.3 is 14.6 Å². The Morgan fingerprint density at radius 3 is 2.58 bits per heavy atom. The molecule has 0 radical (unpaired) electrons. The van der Waals surface area contributed by atoms with E-state index in [0.29, 0.717) is 11.7 Å². The van der Waals surface area contributed by atoms with Crippen LogP contribution in [-0.4, -0.2) is 22.7 Å². The van der Waals surface area contributed by atoms with Gasteiger partial charge in [-0.1, -0.05) is 43.0 Å². The Kier molecular flexibility index (Phi) is 5.59. The average molecular weight is 357 g/mol. The van der Waals surface area contributed by atoms with E-state index in [4.69, 9.17) is 9.26 Å². The van der Waals surface area contributed by atoms with Gasteiger partial charge in [0.05, 0.1) is 0 Å². The number of rotatable bonds is 5. The topological polar surface area (TPSA) is 77.2 Å². The van der Waals surface area contributed by atoms with E-state index in [-0.39, 0.29) is 12.5 Å². The summed E-state index contributed by atoms with van der Waals surface area (Å²) in [6, 6.07) is 5.98. The van der Waals surface area contributed by atoms with Crippen molar-refractivity contribution in [1.82, 2.24) is 15.5 Å². The number of hydrogen-bond acceptors (Lipinski definition) is 5. The van der Waals surface area contributed by atoms with Crippen molar-refractivity contribution >= 4 is 5.91 Å². The van der Waals surface area contributed by atoms with Gasteiger partial charge in [0.25, 0.3) is 5.91 Å². The lowest BCUT2D eigenvalue weighted by molar-refractivity contribution is -0.125. The first kappa shape index (κ1) is 18.4. The van der Waals surface area contributed by atoms with Crippen molar-refractivity contribution in [3.05, 3.63) is 41.0 Å². The summed E-state index contributed by atoms with van der Waals surface area (Å²) in [5.74, 6) is 1.68. The molecule has 1 aromatic heterocycles. The highest BCUT2D eigenvalue weighted by atomic mass is 16.5. The first-order chi connectivity index (χ1) is 12.5. The second kappa shape index (κ2) is 7.89. The van der Waals surface area contributed by atoms with Gasteiger partial charge in [0.15, 0.2) is 12.4 Å². The molecule has 26 heavy (non-hydrogen) atoms. The molecular formula is C20H27N3O3. The minimum Gasteiger partial charge on any atom is -0.483 e. The van der Waals surface area contributed by atoms with Crippen LogP contribution in [0.1, 0.15) is 61.4 Å². The number of benzene rings is 1. The molecule has 0 aliphatic heterocycles. The molecule has 0 saturated heterocycles. The van der Waals surface area contributed by atoms with Crippen molar-refractivity contribution in [3.63, 3.8) is 0 Å². The van der Waals surface area contributed by atoms with Gasteiger partial charge >= 0.3 is 0 Å². The smallest absolute Gasteiger partial charge is 0.258 e. The van der Waals surface area contributed by atoms with Crippen LogP contribution in [0.3, 0.4) is 0 Å². The van der Waals surface area contributed by atoms with Gasteiger partial charge in [-0.3, -0.25) is 4.79 Å². The molecule has 0 unspecified atom stereocenters. The summed E-state index contributed by atoms with van der Waals surface area (Å²) in [5.41, 5.74) is 1.56. The van der Waals surface area contributed by atoms with Gasteiger partial charge in [-0.05, 0) is 43.9 Å². The number of aromatic nitrogens is 2.